The van der Waals surface area contributed by atoms with Gasteiger partial charge in [0.25, 0.3) is 0 Å². The summed E-state index contributed by atoms with van der Waals surface area (Å²) in [5.74, 6) is 0.271. The molecular weight excluding hydrogens is 376 g/mol. The molecule has 3 rings (SSSR count). The molecule has 0 aromatic heterocycles. The maximum atomic E-state index is 12.4. The molecule has 0 amide bonds. The van der Waals surface area contributed by atoms with Crippen LogP contribution in [0.1, 0.15) is 73.2 Å². The number of hydrogen-bond donors (Lipinski definition) is 0. The number of rotatable bonds is 9. The highest BCUT2D eigenvalue weighted by Gasteiger charge is 2.35. The number of fused-ring (bicyclic) bond motifs is 1. The van der Waals surface area contributed by atoms with Crippen LogP contribution in [0, 0.1) is 11.8 Å². The summed E-state index contributed by atoms with van der Waals surface area (Å²) in [5.41, 5.74) is 4.07. The first-order valence-electron chi connectivity index (χ1n) is 11.0. The highest BCUT2D eigenvalue weighted by atomic mass is 16.5. The van der Waals surface area contributed by atoms with Gasteiger partial charge in [0, 0.05) is 12.3 Å². The Kier molecular flexibility index (Phi) is 7.67. The number of ether oxygens (including phenoxy) is 2. The Bertz CT molecular complexity index is 854. The van der Waals surface area contributed by atoms with Gasteiger partial charge in [-0.1, -0.05) is 57.2 Å². The zero-order valence-electron chi connectivity index (χ0n) is 18.2. The molecule has 0 fully saturated rings. The van der Waals surface area contributed by atoms with Gasteiger partial charge in [0.1, 0.15) is 6.10 Å². The van der Waals surface area contributed by atoms with E-state index in [1.54, 1.807) is 0 Å². The van der Waals surface area contributed by atoms with E-state index in [1.165, 1.54) is 5.56 Å². The third-order valence-electron chi connectivity index (χ3n) is 5.58. The molecule has 0 spiro atoms. The zero-order valence-corrected chi connectivity index (χ0v) is 18.2. The smallest absolute Gasteiger partial charge is 0.338 e. The third-order valence-corrected chi connectivity index (χ3v) is 5.58. The van der Waals surface area contributed by atoms with Crippen LogP contribution in [0.4, 0.5) is 0 Å². The first-order chi connectivity index (χ1) is 14.5. The Balaban J connectivity index is 1.69. The standard InChI is InChI=1S/C26H32O4/c1-4-15-29-26(28)20-12-10-19(11-13-20)16-22-17-21-7-5-6-8-23(21)25(22)30-24(27)14-9-18(2)3/h5-8,10-13,18,22,25H,4,9,14-17H2,1-3H3/t22?,25-/m1/s1. The molecular formula is C26H32O4. The van der Waals surface area contributed by atoms with E-state index < -0.39 is 0 Å². The fraction of sp³-hybridized carbons (Fsp3) is 0.462. The summed E-state index contributed by atoms with van der Waals surface area (Å²) in [4.78, 5) is 24.5. The molecule has 2 aromatic carbocycles. The molecule has 0 N–H and O–H groups in total. The Morgan fingerprint density at radius 2 is 1.80 bits per heavy atom. The average molecular weight is 409 g/mol. The Morgan fingerprint density at radius 1 is 1.07 bits per heavy atom. The lowest BCUT2D eigenvalue weighted by Crippen LogP contribution is -2.18. The number of esters is 2. The summed E-state index contributed by atoms with van der Waals surface area (Å²) in [5, 5.41) is 0. The van der Waals surface area contributed by atoms with Crippen LogP contribution in [0.2, 0.25) is 0 Å². The first kappa shape index (κ1) is 22.1. The topological polar surface area (TPSA) is 52.6 Å². The summed E-state index contributed by atoms with van der Waals surface area (Å²) < 4.78 is 11.2. The predicted octanol–water partition coefficient (Wildman–Crippen LogP) is 5.69. The van der Waals surface area contributed by atoms with E-state index in [4.69, 9.17) is 9.47 Å². The van der Waals surface area contributed by atoms with E-state index in [9.17, 15) is 9.59 Å². The van der Waals surface area contributed by atoms with Crippen molar-refractivity contribution >= 4 is 11.9 Å². The Morgan fingerprint density at radius 3 is 2.50 bits per heavy atom. The van der Waals surface area contributed by atoms with Crippen LogP contribution in [-0.4, -0.2) is 18.5 Å². The summed E-state index contributed by atoms with van der Waals surface area (Å²) >= 11 is 0. The minimum absolute atomic E-state index is 0.121. The van der Waals surface area contributed by atoms with Crippen LogP contribution in [0.25, 0.3) is 0 Å². The fourth-order valence-electron chi connectivity index (χ4n) is 3.94. The highest BCUT2D eigenvalue weighted by molar-refractivity contribution is 5.89. The molecule has 160 valence electrons. The fourth-order valence-corrected chi connectivity index (χ4v) is 3.94. The summed E-state index contributed by atoms with van der Waals surface area (Å²) in [6.07, 6.45) is 3.57. The molecule has 1 aliphatic carbocycles. The van der Waals surface area contributed by atoms with Crippen molar-refractivity contribution in [2.45, 2.75) is 59.0 Å². The first-order valence-corrected chi connectivity index (χ1v) is 11.0. The van der Waals surface area contributed by atoms with E-state index in [0.717, 1.165) is 36.8 Å². The summed E-state index contributed by atoms with van der Waals surface area (Å²) in [6, 6.07) is 15.8. The van der Waals surface area contributed by atoms with Crippen molar-refractivity contribution < 1.29 is 19.1 Å². The van der Waals surface area contributed by atoms with Crippen molar-refractivity contribution in [1.29, 1.82) is 0 Å². The predicted molar refractivity (Wildman–Crippen MR) is 117 cm³/mol. The molecule has 2 atom stereocenters. The van der Waals surface area contributed by atoms with Gasteiger partial charge in [-0.25, -0.2) is 4.79 Å². The van der Waals surface area contributed by atoms with Gasteiger partial charge in [-0.3, -0.25) is 4.79 Å². The van der Waals surface area contributed by atoms with Crippen molar-refractivity contribution in [2.24, 2.45) is 11.8 Å². The van der Waals surface area contributed by atoms with Gasteiger partial charge in [0.2, 0.25) is 0 Å². The molecule has 0 heterocycles. The number of hydrogen-bond acceptors (Lipinski definition) is 4. The zero-order chi connectivity index (χ0) is 21.5. The van der Waals surface area contributed by atoms with Gasteiger partial charge in [0.05, 0.1) is 12.2 Å². The van der Waals surface area contributed by atoms with Crippen molar-refractivity contribution in [2.75, 3.05) is 6.61 Å². The maximum absolute atomic E-state index is 12.4. The minimum atomic E-state index is -0.284. The van der Waals surface area contributed by atoms with Crippen LogP contribution in [0.3, 0.4) is 0 Å². The third kappa shape index (κ3) is 5.71. The maximum Gasteiger partial charge on any atom is 0.338 e. The molecule has 30 heavy (non-hydrogen) atoms. The van der Waals surface area contributed by atoms with E-state index in [1.807, 2.05) is 43.3 Å². The monoisotopic (exact) mass is 408 g/mol. The second-order valence-corrected chi connectivity index (χ2v) is 8.54. The minimum Gasteiger partial charge on any atom is -0.462 e. The molecule has 4 nitrogen and oxygen atoms in total. The quantitative estimate of drug-likeness (QED) is 0.500. The lowest BCUT2D eigenvalue weighted by Gasteiger charge is -2.21. The van der Waals surface area contributed by atoms with Crippen LogP contribution in [-0.2, 0) is 27.1 Å². The SMILES string of the molecule is CCCOC(=O)c1ccc(CC2Cc3ccccc3[C@@H]2OC(=O)CCC(C)C)cc1. The molecule has 0 saturated heterocycles. The van der Waals surface area contributed by atoms with Crippen LogP contribution >= 0.6 is 0 Å². The van der Waals surface area contributed by atoms with E-state index in [0.29, 0.717) is 24.5 Å². The van der Waals surface area contributed by atoms with E-state index in [-0.39, 0.29) is 24.0 Å². The summed E-state index contributed by atoms with van der Waals surface area (Å²) in [6.45, 7) is 6.64. The lowest BCUT2D eigenvalue weighted by molar-refractivity contribution is -0.152. The number of benzene rings is 2. The van der Waals surface area contributed by atoms with Gasteiger partial charge in [0.15, 0.2) is 0 Å². The molecule has 4 heteroatoms. The van der Waals surface area contributed by atoms with E-state index >= 15 is 0 Å². The average Bonchev–Trinajstić information content (AvgIpc) is 3.08. The summed E-state index contributed by atoms with van der Waals surface area (Å²) in [7, 11) is 0. The van der Waals surface area contributed by atoms with Gasteiger partial charge in [-0.15, -0.1) is 0 Å². The number of carbonyl (C=O) groups is 2. The van der Waals surface area contributed by atoms with Crippen molar-refractivity contribution in [3.05, 3.63) is 70.8 Å². The Labute approximate surface area is 179 Å². The van der Waals surface area contributed by atoms with Crippen LogP contribution in [0.5, 0.6) is 0 Å². The molecule has 1 unspecified atom stereocenters. The largest absolute Gasteiger partial charge is 0.462 e. The number of carbonyl (C=O) groups excluding carboxylic acids is 2. The van der Waals surface area contributed by atoms with Crippen molar-refractivity contribution in [3.8, 4) is 0 Å². The van der Waals surface area contributed by atoms with Gasteiger partial charge in [-0.05, 0) is 60.4 Å². The van der Waals surface area contributed by atoms with Gasteiger partial charge >= 0.3 is 11.9 Å². The molecule has 1 aliphatic rings. The molecule has 0 saturated carbocycles. The van der Waals surface area contributed by atoms with Gasteiger partial charge in [-0.2, -0.15) is 0 Å². The molecule has 0 bridgehead atoms. The van der Waals surface area contributed by atoms with Crippen molar-refractivity contribution in [3.63, 3.8) is 0 Å². The van der Waals surface area contributed by atoms with Crippen LogP contribution < -0.4 is 0 Å². The molecule has 0 radical (unpaired) electrons. The normalized spacial score (nSPS) is 17.6. The molecule has 0 aliphatic heterocycles. The van der Waals surface area contributed by atoms with Gasteiger partial charge < -0.3 is 9.47 Å². The van der Waals surface area contributed by atoms with Crippen LogP contribution in [0.15, 0.2) is 48.5 Å². The highest BCUT2D eigenvalue weighted by Crippen LogP contribution is 2.40. The Hall–Kier alpha value is -2.62. The lowest BCUT2D eigenvalue weighted by atomic mass is 9.94. The second-order valence-electron chi connectivity index (χ2n) is 8.54. The van der Waals surface area contributed by atoms with Crippen molar-refractivity contribution in [1.82, 2.24) is 0 Å². The second kappa shape index (κ2) is 10.4. The molecule has 2 aromatic rings. The van der Waals surface area contributed by atoms with E-state index in [2.05, 4.69) is 26.0 Å².